The summed E-state index contributed by atoms with van der Waals surface area (Å²) in [5.41, 5.74) is 0.384. The summed E-state index contributed by atoms with van der Waals surface area (Å²) < 4.78 is 0.719. The lowest BCUT2D eigenvalue weighted by Crippen LogP contribution is -2.39. The second kappa shape index (κ2) is 8.79. The first-order chi connectivity index (χ1) is 15.7. The third-order valence-electron chi connectivity index (χ3n) is 5.16. The molecule has 3 aromatic rings. The first kappa shape index (κ1) is 22.1. The zero-order valence-corrected chi connectivity index (χ0v) is 18.4. The van der Waals surface area contributed by atoms with Gasteiger partial charge in [-0.25, -0.2) is 0 Å². The molecule has 0 radical (unpaired) electrons. The Morgan fingerprint density at radius 2 is 1.61 bits per heavy atom. The molecule has 166 valence electrons. The molecule has 10 nitrogen and oxygen atoms in total. The van der Waals surface area contributed by atoms with Crippen LogP contribution >= 0.6 is 15.9 Å². The van der Waals surface area contributed by atoms with Crippen LogP contribution in [0.1, 0.15) is 27.5 Å². The highest BCUT2D eigenvalue weighted by Gasteiger charge is 2.35. The number of nitrogens with zero attached hydrogens (tertiary/aromatic N) is 3. The summed E-state index contributed by atoms with van der Waals surface area (Å²) in [6, 6.07) is 16.2. The van der Waals surface area contributed by atoms with Crippen LogP contribution in [0.5, 0.6) is 0 Å². The normalized spacial score (nSPS) is 15.2. The van der Waals surface area contributed by atoms with Crippen LogP contribution in [-0.4, -0.2) is 33.1 Å². The fraction of sp³-hybridized carbons (Fsp3) is 0.0909. The number of carbonyl (C=O) groups excluding carboxylic acids is 2. The third kappa shape index (κ3) is 4.44. The third-order valence-corrected chi connectivity index (χ3v) is 5.65. The van der Waals surface area contributed by atoms with E-state index < -0.39 is 39.1 Å². The average Bonchev–Trinajstić information content (AvgIpc) is 2.94. The molecule has 33 heavy (non-hydrogen) atoms. The van der Waals surface area contributed by atoms with Crippen molar-refractivity contribution in [3.63, 3.8) is 0 Å². The molecule has 1 aliphatic heterocycles. The van der Waals surface area contributed by atoms with E-state index in [0.29, 0.717) is 16.8 Å². The monoisotopic (exact) mass is 510 g/mol. The molecule has 3 aromatic carbocycles. The number of nitro benzene ring substituents is 2. The zero-order chi connectivity index (χ0) is 23.7. The van der Waals surface area contributed by atoms with E-state index in [1.807, 2.05) is 6.07 Å². The van der Waals surface area contributed by atoms with Gasteiger partial charge in [-0.3, -0.25) is 29.8 Å². The van der Waals surface area contributed by atoms with Gasteiger partial charge in [-0.1, -0.05) is 46.3 Å². The molecule has 4 rings (SSSR count). The number of halogens is 1. The Morgan fingerprint density at radius 3 is 2.21 bits per heavy atom. The van der Waals surface area contributed by atoms with Gasteiger partial charge in [-0.2, -0.15) is 0 Å². The van der Waals surface area contributed by atoms with Crippen LogP contribution in [-0.2, 0) is 4.79 Å². The molecule has 1 N–H and O–H groups in total. The van der Waals surface area contributed by atoms with Gasteiger partial charge >= 0.3 is 0 Å². The zero-order valence-electron chi connectivity index (χ0n) is 16.8. The van der Waals surface area contributed by atoms with Gasteiger partial charge in [0.1, 0.15) is 6.54 Å². The van der Waals surface area contributed by atoms with E-state index >= 15 is 0 Å². The quantitative estimate of drug-likeness (QED) is 0.406. The number of amides is 2. The van der Waals surface area contributed by atoms with Crippen molar-refractivity contribution in [2.75, 3.05) is 11.9 Å². The predicted molar refractivity (Wildman–Crippen MR) is 122 cm³/mol. The topological polar surface area (TPSA) is 136 Å². The lowest BCUT2D eigenvalue weighted by Gasteiger charge is -2.30. The van der Waals surface area contributed by atoms with E-state index in [0.717, 1.165) is 22.7 Å². The molecule has 0 aliphatic carbocycles. The second-order valence-electron chi connectivity index (χ2n) is 7.28. The SMILES string of the molecule is O=C1CN(C(=O)c2cc([N+](=O)[O-])cc([N+](=O)[O-])c2)C(c2ccccc2)c2cc(Br)ccc2N1. The minimum absolute atomic E-state index is 0.261. The van der Waals surface area contributed by atoms with Gasteiger partial charge in [0.25, 0.3) is 17.3 Å². The van der Waals surface area contributed by atoms with Gasteiger partial charge in [0.05, 0.1) is 27.5 Å². The molecule has 0 bridgehead atoms. The number of rotatable bonds is 4. The highest BCUT2D eigenvalue weighted by atomic mass is 79.9. The Balaban J connectivity index is 1.91. The van der Waals surface area contributed by atoms with Crippen LogP contribution in [0.15, 0.2) is 71.2 Å². The number of non-ortho nitro benzene ring substituents is 2. The van der Waals surface area contributed by atoms with E-state index in [9.17, 15) is 29.8 Å². The molecule has 0 spiro atoms. The molecule has 2 amide bonds. The highest BCUT2D eigenvalue weighted by Crippen LogP contribution is 2.38. The Hall–Kier alpha value is -4.12. The number of benzene rings is 3. The molecule has 1 unspecified atom stereocenters. The van der Waals surface area contributed by atoms with Crippen LogP contribution in [0.25, 0.3) is 0 Å². The van der Waals surface area contributed by atoms with Crippen molar-refractivity contribution in [2.24, 2.45) is 0 Å². The predicted octanol–water partition coefficient (Wildman–Crippen LogP) is 4.45. The Morgan fingerprint density at radius 1 is 0.970 bits per heavy atom. The number of hydrogen-bond acceptors (Lipinski definition) is 6. The molecule has 0 fully saturated rings. The van der Waals surface area contributed by atoms with E-state index in [4.69, 9.17) is 0 Å². The van der Waals surface area contributed by atoms with Crippen LogP contribution in [0.2, 0.25) is 0 Å². The summed E-state index contributed by atoms with van der Waals surface area (Å²) in [5.74, 6) is -1.22. The van der Waals surface area contributed by atoms with Crippen molar-refractivity contribution < 1.29 is 19.4 Å². The summed E-state index contributed by atoms with van der Waals surface area (Å²) >= 11 is 3.42. The second-order valence-corrected chi connectivity index (χ2v) is 8.19. The van der Waals surface area contributed by atoms with Crippen molar-refractivity contribution in [1.29, 1.82) is 0 Å². The van der Waals surface area contributed by atoms with E-state index in [2.05, 4.69) is 21.2 Å². The van der Waals surface area contributed by atoms with E-state index in [-0.39, 0.29) is 12.1 Å². The van der Waals surface area contributed by atoms with Crippen molar-refractivity contribution in [1.82, 2.24) is 4.90 Å². The lowest BCUT2D eigenvalue weighted by molar-refractivity contribution is -0.394. The van der Waals surface area contributed by atoms with Gasteiger partial charge in [-0.05, 0) is 23.8 Å². The van der Waals surface area contributed by atoms with Gasteiger partial charge in [-0.15, -0.1) is 0 Å². The molecule has 0 aromatic heterocycles. The van der Waals surface area contributed by atoms with Crippen LogP contribution in [0, 0.1) is 20.2 Å². The first-order valence-electron chi connectivity index (χ1n) is 9.63. The molecule has 11 heteroatoms. The maximum absolute atomic E-state index is 13.6. The highest BCUT2D eigenvalue weighted by molar-refractivity contribution is 9.10. The van der Waals surface area contributed by atoms with Gasteiger partial charge < -0.3 is 10.2 Å². The fourth-order valence-corrected chi connectivity index (χ4v) is 4.14. The number of anilines is 1. The molecule has 0 saturated carbocycles. The summed E-state index contributed by atoms with van der Waals surface area (Å²) in [6.07, 6.45) is 0. The maximum Gasteiger partial charge on any atom is 0.277 e. The molecular weight excluding hydrogens is 496 g/mol. The Bertz CT molecular complexity index is 1270. The van der Waals surface area contributed by atoms with E-state index in [1.165, 1.54) is 4.90 Å². The first-order valence-corrected chi connectivity index (χ1v) is 10.4. The Kier molecular flexibility index (Phi) is 5.88. The average molecular weight is 511 g/mol. The number of nitrogens with one attached hydrogen (secondary N) is 1. The van der Waals surface area contributed by atoms with Crippen LogP contribution in [0.3, 0.4) is 0 Å². The number of nitro groups is 2. The molecule has 1 heterocycles. The van der Waals surface area contributed by atoms with Crippen LogP contribution in [0.4, 0.5) is 17.1 Å². The van der Waals surface area contributed by atoms with Gasteiger partial charge in [0, 0.05) is 27.9 Å². The smallest absolute Gasteiger partial charge is 0.277 e. The van der Waals surface area contributed by atoms with E-state index in [1.54, 1.807) is 42.5 Å². The summed E-state index contributed by atoms with van der Waals surface area (Å²) in [4.78, 5) is 48.5. The Labute approximate surface area is 195 Å². The van der Waals surface area contributed by atoms with Crippen LogP contribution < -0.4 is 5.32 Å². The van der Waals surface area contributed by atoms with Crippen molar-refractivity contribution >= 4 is 44.8 Å². The molecule has 1 atom stereocenters. The standard InChI is InChI=1S/C22H15BrN4O6/c23-15-6-7-19-18(10-15)21(13-4-2-1-3-5-13)25(12-20(28)24-19)22(29)14-8-16(26(30)31)11-17(9-14)27(32)33/h1-11,21H,12H2,(H,24,28). The summed E-state index contributed by atoms with van der Waals surface area (Å²) in [5, 5.41) is 25.4. The van der Waals surface area contributed by atoms with Crippen molar-refractivity contribution in [2.45, 2.75) is 6.04 Å². The minimum atomic E-state index is -0.806. The van der Waals surface area contributed by atoms with Gasteiger partial charge in [0.2, 0.25) is 5.91 Å². The minimum Gasteiger partial charge on any atom is -0.324 e. The fourth-order valence-electron chi connectivity index (χ4n) is 3.76. The maximum atomic E-state index is 13.6. The largest absolute Gasteiger partial charge is 0.324 e. The van der Waals surface area contributed by atoms with Crippen molar-refractivity contribution in [3.05, 3.63) is 108 Å². The number of hydrogen-bond donors (Lipinski definition) is 1. The molecular formula is C22H15BrN4O6. The lowest BCUT2D eigenvalue weighted by atomic mass is 9.95. The number of carbonyl (C=O) groups is 2. The van der Waals surface area contributed by atoms with Crippen molar-refractivity contribution in [3.8, 4) is 0 Å². The van der Waals surface area contributed by atoms with Gasteiger partial charge in [0.15, 0.2) is 0 Å². The number of fused-ring (bicyclic) bond motifs is 1. The molecule has 0 saturated heterocycles. The molecule has 1 aliphatic rings. The summed E-state index contributed by atoms with van der Waals surface area (Å²) in [7, 11) is 0. The summed E-state index contributed by atoms with van der Waals surface area (Å²) in [6.45, 7) is -0.360.